The van der Waals surface area contributed by atoms with Crippen LogP contribution >= 0.6 is 0 Å². The second-order valence-electron chi connectivity index (χ2n) is 7.72. The number of hydrogen-bond acceptors (Lipinski definition) is 5. The number of aryl methyl sites for hydroxylation is 1. The molecule has 4 rings (SSSR count). The number of carbonyl (C=O) groups excluding carboxylic acids is 1. The summed E-state index contributed by atoms with van der Waals surface area (Å²) in [6.45, 7) is 1.62. The zero-order valence-corrected chi connectivity index (χ0v) is 17.3. The van der Waals surface area contributed by atoms with Crippen molar-refractivity contribution in [3.8, 4) is 17.1 Å². The Labute approximate surface area is 176 Å². The Bertz CT molecular complexity index is 964. The largest absolute Gasteiger partial charge is 0.497 e. The number of likely N-dealkylation sites (tertiary alicyclic amines) is 1. The zero-order valence-electron chi connectivity index (χ0n) is 17.3. The standard InChI is InChI=1S/C23H27N5O2/c1-30-20-4-2-3-17(15-20)5-6-22(29)28-13-9-18(10-14-28)16-21-25-23(27-26-21)19-7-11-24-12-8-19/h2-4,7-8,11-12,15,18H,5-6,9-10,13-14,16H2,1H3,(H,25,26,27). The van der Waals surface area contributed by atoms with Crippen LogP contribution in [-0.4, -0.2) is 51.2 Å². The summed E-state index contributed by atoms with van der Waals surface area (Å²) in [5.74, 6) is 3.20. The number of carbonyl (C=O) groups is 1. The van der Waals surface area contributed by atoms with Crippen LogP contribution in [0.4, 0.5) is 0 Å². The van der Waals surface area contributed by atoms with Crippen molar-refractivity contribution in [2.45, 2.75) is 32.1 Å². The van der Waals surface area contributed by atoms with Crippen LogP contribution < -0.4 is 4.74 Å². The molecule has 3 aromatic rings. The molecule has 2 aromatic heterocycles. The molecule has 0 atom stereocenters. The van der Waals surface area contributed by atoms with Crippen LogP contribution in [-0.2, 0) is 17.6 Å². The van der Waals surface area contributed by atoms with Crippen molar-refractivity contribution in [2.75, 3.05) is 20.2 Å². The lowest BCUT2D eigenvalue weighted by Gasteiger charge is -2.31. The predicted molar refractivity (Wildman–Crippen MR) is 114 cm³/mol. The number of aromatic nitrogens is 4. The van der Waals surface area contributed by atoms with Crippen molar-refractivity contribution in [3.05, 3.63) is 60.2 Å². The van der Waals surface area contributed by atoms with Gasteiger partial charge in [-0.25, -0.2) is 4.98 Å². The van der Waals surface area contributed by atoms with Crippen LogP contribution in [0.1, 0.15) is 30.7 Å². The van der Waals surface area contributed by atoms with E-state index in [1.54, 1.807) is 19.5 Å². The van der Waals surface area contributed by atoms with Gasteiger partial charge in [0.2, 0.25) is 5.91 Å². The van der Waals surface area contributed by atoms with Gasteiger partial charge >= 0.3 is 0 Å². The summed E-state index contributed by atoms with van der Waals surface area (Å²) in [6.07, 6.45) is 7.62. The van der Waals surface area contributed by atoms with Gasteiger partial charge in [-0.1, -0.05) is 12.1 Å². The molecule has 3 heterocycles. The minimum absolute atomic E-state index is 0.232. The summed E-state index contributed by atoms with van der Waals surface area (Å²) in [5, 5.41) is 7.38. The molecular weight excluding hydrogens is 378 g/mol. The summed E-state index contributed by atoms with van der Waals surface area (Å²) in [7, 11) is 1.66. The monoisotopic (exact) mass is 405 g/mol. The SMILES string of the molecule is COc1cccc(CCC(=O)N2CCC(Cc3nc(-c4ccncc4)n[nH]3)CC2)c1. The number of nitrogens with one attached hydrogen (secondary N) is 1. The van der Waals surface area contributed by atoms with E-state index in [0.717, 1.165) is 61.5 Å². The number of amides is 1. The third-order valence-corrected chi connectivity index (χ3v) is 5.68. The van der Waals surface area contributed by atoms with Crippen LogP contribution in [0.25, 0.3) is 11.4 Å². The number of ether oxygens (including phenoxy) is 1. The third kappa shape index (κ3) is 5.03. The van der Waals surface area contributed by atoms with E-state index < -0.39 is 0 Å². The van der Waals surface area contributed by atoms with Gasteiger partial charge in [0, 0.05) is 43.9 Å². The first-order valence-electron chi connectivity index (χ1n) is 10.4. The molecule has 7 heteroatoms. The molecule has 0 radical (unpaired) electrons. The first-order valence-corrected chi connectivity index (χ1v) is 10.4. The number of piperidine rings is 1. The van der Waals surface area contributed by atoms with Crippen molar-refractivity contribution >= 4 is 5.91 Å². The van der Waals surface area contributed by atoms with Crippen LogP contribution in [0.3, 0.4) is 0 Å². The average molecular weight is 406 g/mol. The first-order chi connectivity index (χ1) is 14.7. The first kappa shape index (κ1) is 20.1. The molecule has 1 amide bonds. The maximum atomic E-state index is 12.6. The molecule has 30 heavy (non-hydrogen) atoms. The fourth-order valence-electron chi connectivity index (χ4n) is 3.91. The van der Waals surface area contributed by atoms with E-state index in [4.69, 9.17) is 4.74 Å². The number of rotatable bonds is 7. The average Bonchev–Trinajstić information content (AvgIpc) is 3.27. The van der Waals surface area contributed by atoms with Gasteiger partial charge in [-0.05, 0) is 55.0 Å². The number of nitrogens with zero attached hydrogens (tertiary/aromatic N) is 4. The van der Waals surface area contributed by atoms with Crippen LogP contribution in [0, 0.1) is 5.92 Å². The molecule has 0 aliphatic carbocycles. The molecule has 7 nitrogen and oxygen atoms in total. The number of pyridine rings is 1. The van der Waals surface area contributed by atoms with Crippen LogP contribution in [0.5, 0.6) is 5.75 Å². The molecule has 1 fully saturated rings. The Morgan fingerprint density at radius 3 is 2.77 bits per heavy atom. The highest BCUT2D eigenvalue weighted by molar-refractivity contribution is 5.76. The zero-order chi connectivity index (χ0) is 20.8. The van der Waals surface area contributed by atoms with E-state index in [-0.39, 0.29) is 5.91 Å². The second kappa shape index (κ2) is 9.52. The summed E-state index contributed by atoms with van der Waals surface area (Å²) < 4.78 is 5.25. The van der Waals surface area contributed by atoms with E-state index in [1.165, 1.54) is 0 Å². The Hall–Kier alpha value is -3.22. The lowest BCUT2D eigenvalue weighted by atomic mass is 9.93. The molecule has 0 saturated carbocycles. The van der Waals surface area contributed by atoms with Crippen molar-refractivity contribution in [3.63, 3.8) is 0 Å². The molecule has 1 aromatic carbocycles. The van der Waals surface area contributed by atoms with E-state index in [1.807, 2.05) is 41.3 Å². The van der Waals surface area contributed by atoms with Gasteiger partial charge in [0.05, 0.1) is 7.11 Å². The molecule has 0 spiro atoms. The van der Waals surface area contributed by atoms with Gasteiger partial charge in [0.15, 0.2) is 5.82 Å². The van der Waals surface area contributed by atoms with Gasteiger partial charge < -0.3 is 9.64 Å². The fourth-order valence-corrected chi connectivity index (χ4v) is 3.91. The summed E-state index contributed by atoms with van der Waals surface area (Å²) in [6, 6.07) is 11.7. The van der Waals surface area contributed by atoms with Crippen molar-refractivity contribution in [2.24, 2.45) is 5.92 Å². The van der Waals surface area contributed by atoms with Crippen LogP contribution in [0.2, 0.25) is 0 Å². The van der Waals surface area contributed by atoms with E-state index in [9.17, 15) is 4.79 Å². The highest BCUT2D eigenvalue weighted by Gasteiger charge is 2.23. The Balaban J connectivity index is 1.24. The normalized spacial score (nSPS) is 14.6. The lowest BCUT2D eigenvalue weighted by Crippen LogP contribution is -2.39. The van der Waals surface area contributed by atoms with Crippen LogP contribution in [0.15, 0.2) is 48.8 Å². The summed E-state index contributed by atoms with van der Waals surface area (Å²) in [4.78, 5) is 23.3. The maximum Gasteiger partial charge on any atom is 0.222 e. The molecule has 0 bridgehead atoms. The maximum absolute atomic E-state index is 12.6. The number of hydrogen-bond donors (Lipinski definition) is 1. The molecular formula is C23H27N5O2. The van der Waals surface area contributed by atoms with Crippen molar-refractivity contribution < 1.29 is 9.53 Å². The minimum Gasteiger partial charge on any atom is -0.497 e. The third-order valence-electron chi connectivity index (χ3n) is 5.68. The topological polar surface area (TPSA) is 84.0 Å². The molecule has 1 saturated heterocycles. The van der Waals surface area contributed by atoms with Crippen molar-refractivity contribution in [1.29, 1.82) is 0 Å². The number of H-pyrrole nitrogens is 1. The van der Waals surface area contributed by atoms with E-state index in [0.29, 0.717) is 18.2 Å². The van der Waals surface area contributed by atoms with Crippen molar-refractivity contribution in [1.82, 2.24) is 25.1 Å². The predicted octanol–water partition coefficient (Wildman–Crippen LogP) is 3.29. The van der Waals surface area contributed by atoms with Gasteiger partial charge in [-0.2, -0.15) is 5.10 Å². The lowest BCUT2D eigenvalue weighted by molar-refractivity contribution is -0.132. The fraction of sp³-hybridized carbons (Fsp3) is 0.391. The molecule has 156 valence electrons. The number of methoxy groups -OCH3 is 1. The Morgan fingerprint density at radius 1 is 1.20 bits per heavy atom. The summed E-state index contributed by atoms with van der Waals surface area (Å²) in [5.41, 5.74) is 2.09. The van der Waals surface area contributed by atoms with E-state index >= 15 is 0 Å². The molecule has 1 aliphatic heterocycles. The number of benzene rings is 1. The molecule has 0 unspecified atom stereocenters. The molecule has 1 aliphatic rings. The Kier molecular flexibility index (Phi) is 6.37. The van der Waals surface area contributed by atoms with E-state index in [2.05, 4.69) is 20.2 Å². The van der Waals surface area contributed by atoms with Gasteiger partial charge in [-0.15, -0.1) is 0 Å². The summed E-state index contributed by atoms with van der Waals surface area (Å²) >= 11 is 0. The van der Waals surface area contributed by atoms with Gasteiger partial charge in [0.1, 0.15) is 11.6 Å². The smallest absolute Gasteiger partial charge is 0.222 e. The van der Waals surface area contributed by atoms with Gasteiger partial charge in [-0.3, -0.25) is 14.9 Å². The highest BCUT2D eigenvalue weighted by atomic mass is 16.5. The minimum atomic E-state index is 0.232. The second-order valence-corrected chi connectivity index (χ2v) is 7.72. The highest BCUT2D eigenvalue weighted by Crippen LogP contribution is 2.23. The molecule has 1 N–H and O–H groups in total. The Morgan fingerprint density at radius 2 is 2.00 bits per heavy atom. The number of aromatic amines is 1. The van der Waals surface area contributed by atoms with Gasteiger partial charge in [0.25, 0.3) is 0 Å². The quantitative estimate of drug-likeness (QED) is 0.652.